The molecule has 1 amide bonds. The Morgan fingerprint density at radius 1 is 1.23 bits per heavy atom. The number of thiocarbonyl (C=S) groups is 1. The van der Waals surface area contributed by atoms with Gasteiger partial charge in [-0.2, -0.15) is 4.98 Å². The van der Waals surface area contributed by atoms with Crippen LogP contribution in [0.25, 0.3) is 10.7 Å². The molecule has 0 aliphatic carbocycles. The Kier molecular flexibility index (Phi) is 6.16. The number of amides is 1. The summed E-state index contributed by atoms with van der Waals surface area (Å²) in [5, 5.41) is 9.65. The standard InChI is InChI=1S/C16H14ClN5O2S2/c17-10-3-5-11(6-4-10)18-16(25)21-20-13(23)7-8-14-19-15(22-24-14)12-2-1-9-26-12/h1-6,9H,7-8H2,(H,20,23)(H2,18,21,25). The Morgan fingerprint density at radius 3 is 2.77 bits per heavy atom. The van der Waals surface area contributed by atoms with Crippen molar-refractivity contribution in [1.82, 2.24) is 21.0 Å². The number of aryl methyl sites for hydroxylation is 1. The summed E-state index contributed by atoms with van der Waals surface area (Å²) in [5.74, 6) is 0.688. The third-order valence-electron chi connectivity index (χ3n) is 3.19. The van der Waals surface area contributed by atoms with Gasteiger partial charge in [0.25, 0.3) is 0 Å². The van der Waals surface area contributed by atoms with Crippen molar-refractivity contribution in [2.75, 3.05) is 5.32 Å². The van der Waals surface area contributed by atoms with Crippen molar-refractivity contribution in [3.63, 3.8) is 0 Å². The van der Waals surface area contributed by atoms with Gasteiger partial charge in [-0.1, -0.05) is 22.8 Å². The molecule has 10 heteroatoms. The Hall–Kier alpha value is -2.49. The van der Waals surface area contributed by atoms with Crippen molar-refractivity contribution in [3.8, 4) is 10.7 Å². The van der Waals surface area contributed by atoms with Gasteiger partial charge in [0.15, 0.2) is 5.11 Å². The monoisotopic (exact) mass is 407 g/mol. The summed E-state index contributed by atoms with van der Waals surface area (Å²) in [6.07, 6.45) is 0.520. The Labute approximate surface area is 163 Å². The van der Waals surface area contributed by atoms with E-state index < -0.39 is 0 Å². The molecule has 0 atom stereocenters. The minimum Gasteiger partial charge on any atom is -0.339 e. The van der Waals surface area contributed by atoms with Crippen molar-refractivity contribution in [2.45, 2.75) is 12.8 Å². The molecule has 0 saturated carbocycles. The number of nitrogens with zero attached hydrogens (tertiary/aromatic N) is 2. The molecular formula is C16H14ClN5O2S2. The number of carbonyl (C=O) groups excluding carboxylic acids is 1. The van der Waals surface area contributed by atoms with Crippen LogP contribution in [-0.2, 0) is 11.2 Å². The average Bonchev–Trinajstić information content (AvgIpc) is 3.31. The molecule has 2 aromatic heterocycles. The number of carbonyl (C=O) groups is 1. The Morgan fingerprint density at radius 2 is 2.04 bits per heavy atom. The van der Waals surface area contributed by atoms with E-state index in [9.17, 15) is 4.79 Å². The molecule has 0 aliphatic heterocycles. The molecule has 7 nitrogen and oxygen atoms in total. The van der Waals surface area contributed by atoms with Crippen LogP contribution in [-0.4, -0.2) is 21.2 Å². The summed E-state index contributed by atoms with van der Waals surface area (Å²) in [5.41, 5.74) is 5.90. The molecule has 0 aliphatic rings. The minimum atomic E-state index is -0.249. The number of halogens is 1. The highest BCUT2D eigenvalue weighted by Crippen LogP contribution is 2.21. The molecular weight excluding hydrogens is 394 g/mol. The highest BCUT2D eigenvalue weighted by molar-refractivity contribution is 7.80. The van der Waals surface area contributed by atoms with Crippen molar-refractivity contribution in [3.05, 3.63) is 52.7 Å². The van der Waals surface area contributed by atoms with E-state index >= 15 is 0 Å². The maximum atomic E-state index is 11.9. The zero-order chi connectivity index (χ0) is 18.4. The molecule has 134 valence electrons. The first kappa shape index (κ1) is 18.3. The van der Waals surface area contributed by atoms with Crippen LogP contribution in [0.5, 0.6) is 0 Å². The Balaban J connectivity index is 1.40. The number of rotatable bonds is 5. The van der Waals surface area contributed by atoms with Crippen molar-refractivity contribution >= 4 is 51.9 Å². The van der Waals surface area contributed by atoms with Gasteiger partial charge in [-0.3, -0.25) is 15.6 Å². The van der Waals surface area contributed by atoms with Gasteiger partial charge in [0, 0.05) is 23.6 Å². The lowest BCUT2D eigenvalue weighted by Crippen LogP contribution is -2.43. The number of hydrogen-bond donors (Lipinski definition) is 3. The molecule has 0 saturated heterocycles. The lowest BCUT2D eigenvalue weighted by molar-refractivity contribution is -0.121. The van der Waals surface area contributed by atoms with Gasteiger partial charge in [0.1, 0.15) is 0 Å². The Bertz CT molecular complexity index is 880. The van der Waals surface area contributed by atoms with Crippen LogP contribution in [0.15, 0.2) is 46.3 Å². The van der Waals surface area contributed by atoms with E-state index in [2.05, 4.69) is 26.3 Å². The van der Waals surface area contributed by atoms with Crippen LogP contribution in [0.4, 0.5) is 5.69 Å². The van der Waals surface area contributed by atoms with E-state index in [0.29, 0.717) is 23.2 Å². The summed E-state index contributed by atoms with van der Waals surface area (Å²) >= 11 is 12.4. The predicted molar refractivity (Wildman–Crippen MR) is 105 cm³/mol. The van der Waals surface area contributed by atoms with Gasteiger partial charge in [-0.05, 0) is 47.9 Å². The highest BCUT2D eigenvalue weighted by atomic mass is 35.5. The lowest BCUT2D eigenvalue weighted by atomic mass is 10.3. The van der Waals surface area contributed by atoms with Crippen molar-refractivity contribution < 1.29 is 9.32 Å². The second-order valence-electron chi connectivity index (χ2n) is 5.12. The normalized spacial score (nSPS) is 10.3. The number of anilines is 1. The summed E-state index contributed by atoms with van der Waals surface area (Å²) in [6, 6.07) is 10.8. The van der Waals surface area contributed by atoms with Gasteiger partial charge in [0.05, 0.1) is 4.88 Å². The van der Waals surface area contributed by atoms with Crippen molar-refractivity contribution in [2.24, 2.45) is 0 Å². The summed E-state index contributed by atoms with van der Waals surface area (Å²) < 4.78 is 5.15. The number of hydrazine groups is 1. The first-order chi connectivity index (χ1) is 12.6. The van der Waals surface area contributed by atoms with Crippen LogP contribution in [0.3, 0.4) is 0 Å². The fourth-order valence-corrected chi connectivity index (χ4v) is 2.91. The molecule has 0 bridgehead atoms. The molecule has 1 aromatic carbocycles. The summed E-state index contributed by atoms with van der Waals surface area (Å²) in [4.78, 5) is 17.1. The third-order valence-corrected chi connectivity index (χ3v) is 4.52. The van der Waals surface area contributed by atoms with Crippen LogP contribution >= 0.6 is 35.2 Å². The highest BCUT2D eigenvalue weighted by Gasteiger charge is 2.11. The van der Waals surface area contributed by atoms with Crippen LogP contribution in [0, 0.1) is 0 Å². The van der Waals surface area contributed by atoms with E-state index in [1.807, 2.05) is 17.5 Å². The second kappa shape index (κ2) is 8.75. The third kappa shape index (κ3) is 5.25. The number of benzene rings is 1. The summed E-state index contributed by atoms with van der Waals surface area (Å²) in [7, 11) is 0. The SMILES string of the molecule is O=C(CCc1nc(-c2cccs2)no1)NNC(=S)Nc1ccc(Cl)cc1. The molecule has 26 heavy (non-hydrogen) atoms. The zero-order valence-corrected chi connectivity index (χ0v) is 15.7. The van der Waals surface area contributed by atoms with Gasteiger partial charge < -0.3 is 9.84 Å². The molecule has 0 fully saturated rings. The number of thiophene rings is 1. The van der Waals surface area contributed by atoms with Gasteiger partial charge >= 0.3 is 0 Å². The molecule has 0 radical (unpaired) electrons. The molecule has 3 aromatic rings. The average molecular weight is 408 g/mol. The van der Waals surface area contributed by atoms with E-state index in [1.165, 1.54) is 11.3 Å². The molecule has 3 rings (SSSR count). The predicted octanol–water partition coefficient (Wildman–Crippen LogP) is 3.40. The van der Waals surface area contributed by atoms with Gasteiger partial charge in [-0.15, -0.1) is 11.3 Å². The first-order valence-corrected chi connectivity index (χ1v) is 9.24. The van der Waals surface area contributed by atoms with E-state index in [4.69, 9.17) is 28.3 Å². The van der Waals surface area contributed by atoms with Crippen molar-refractivity contribution in [1.29, 1.82) is 0 Å². The first-order valence-electron chi connectivity index (χ1n) is 7.58. The topological polar surface area (TPSA) is 92.1 Å². The second-order valence-corrected chi connectivity index (χ2v) is 6.92. The van der Waals surface area contributed by atoms with Crippen LogP contribution < -0.4 is 16.2 Å². The van der Waals surface area contributed by atoms with E-state index in [-0.39, 0.29) is 17.4 Å². The van der Waals surface area contributed by atoms with E-state index in [0.717, 1.165) is 10.6 Å². The maximum Gasteiger partial charge on any atom is 0.238 e. The fourth-order valence-electron chi connectivity index (χ4n) is 1.97. The quantitative estimate of drug-likeness (QED) is 0.441. The molecule has 3 N–H and O–H groups in total. The van der Waals surface area contributed by atoms with Crippen LogP contribution in [0.1, 0.15) is 12.3 Å². The summed E-state index contributed by atoms with van der Waals surface area (Å²) in [6.45, 7) is 0. The smallest absolute Gasteiger partial charge is 0.238 e. The number of nitrogens with one attached hydrogen (secondary N) is 3. The molecule has 0 unspecified atom stereocenters. The van der Waals surface area contributed by atoms with Gasteiger partial charge in [-0.25, -0.2) is 0 Å². The fraction of sp³-hybridized carbons (Fsp3) is 0.125. The molecule has 0 spiro atoms. The molecule has 2 heterocycles. The number of hydrogen-bond acceptors (Lipinski definition) is 6. The maximum absolute atomic E-state index is 11.9. The largest absolute Gasteiger partial charge is 0.339 e. The van der Waals surface area contributed by atoms with Crippen LogP contribution in [0.2, 0.25) is 5.02 Å². The lowest BCUT2D eigenvalue weighted by Gasteiger charge is -2.11. The zero-order valence-electron chi connectivity index (χ0n) is 13.4. The van der Waals surface area contributed by atoms with Gasteiger partial charge in [0.2, 0.25) is 17.6 Å². The van der Waals surface area contributed by atoms with E-state index in [1.54, 1.807) is 24.3 Å². The number of aromatic nitrogens is 2. The minimum absolute atomic E-state index is 0.183.